The van der Waals surface area contributed by atoms with Crippen molar-refractivity contribution in [3.8, 4) is 12.3 Å². The first-order chi connectivity index (χ1) is 18.6. The maximum atomic E-state index is 13.1. The van der Waals surface area contributed by atoms with Crippen LogP contribution < -0.4 is 10.5 Å². The van der Waals surface area contributed by atoms with E-state index in [1.54, 1.807) is 12.1 Å². The second-order valence-corrected chi connectivity index (χ2v) is 17.6. The van der Waals surface area contributed by atoms with Crippen LogP contribution in [-0.4, -0.2) is 36.4 Å². The Labute approximate surface area is 237 Å². The molecule has 1 atom stereocenters. The molecule has 210 valence electrons. The molecule has 40 heavy (non-hydrogen) atoms. The zero-order valence-corrected chi connectivity index (χ0v) is 25.7. The highest BCUT2D eigenvalue weighted by Crippen LogP contribution is 2.38. The fourth-order valence-corrected chi connectivity index (χ4v) is 5.28. The average Bonchev–Trinajstić information content (AvgIpc) is 3.26. The number of aromatic amines is 1. The second-order valence-electron chi connectivity index (χ2n) is 12.7. The minimum atomic E-state index is -1.99. The van der Waals surface area contributed by atoms with Crippen molar-refractivity contribution in [3.05, 3.63) is 75.3 Å². The predicted octanol–water partition coefficient (Wildman–Crippen LogP) is 6.61. The minimum Gasteiger partial charge on any atom is -0.456 e. The smallest absolute Gasteiger partial charge is 0.338 e. The molecule has 0 bridgehead atoms. The quantitative estimate of drug-likeness (QED) is 0.200. The van der Waals surface area contributed by atoms with E-state index in [1.807, 2.05) is 51.1 Å². The molecule has 1 aliphatic carbocycles. The van der Waals surface area contributed by atoms with E-state index in [1.165, 1.54) is 0 Å². The number of nitrogens with zero attached hydrogens (tertiary/aromatic N) is 2. The summed E-state index contributed by atoms with van der Waals surface area (Å²) in [7, 11) is -1.99. The Hall–Kier alpha value is -3.67. The van der Waals surface area contributed by atoms with Crippen LogP contribution in [0.5, 0.6) is 0 Å². The molecule has 0 saturated carbocycles. The lowest BCUT2D eigenvalue weighted by Crippen LogP contribution is -2.40. The third-order valence-electron chi connectivity index (χ3n) is 7.54. The van der Waals surface area contributed by atoms with E-state index in [4.69, 9.17) is 20.6 Å². The molecule has 4 rings (SSSR count). The first-order valence-electron chi connectivity index (χ1n) is 13.5. The Morgan fingerprint density at radius 1 is 1.12 bits per heavy atom. The lowest BCUT2D eigenvalue weighted by molar-refractivity contribution is 0.00695. The van der Waals surface area contributed by atoms with E-state index in [2.05, 4.69) is 55.7 Å². The van der Waals surface area contributed by atoms with Gasteiger partial charge in [-0.15, -0.1) is 6.42 Å². The minimum absolute atomic E-state index is 0.0606. The van der Waals surface area contributed by atoms with Gasteiger partial charge in [0.2, 0.25) is 0 Å². The highest BCUT2D eigenvalue weighted by molar-refractivity contribution is 6.74. The Kier molecular flexibility index (Phi) is 7.85. The third-order valence-corrected chi connectivity index (χ3v) is 12.0. The normalized spacial score (nSPS) is 15.1. The van der Waals surface area contributed by atoms with Crippen molar-refractivity contribution in [3.63, 3.8) is 0 Å². The zero-order valence-electron chi connectivity index (χ0n) is 24.7. The molecule has 0 fully saturated rings. The zero-order chi connectivity index (χ0) is 29.5. The van der Waals surface area contributed by atoms with Gasteiger partial charge < -0.3 is 19.0 Å². The van der Waals surface area contributed by atoms with E-state index in [9.17, 15) is 9.59 Å². The van der Waals surface area contributed by atoms with Gasteiger partial charge in [-0.2, -0.15) is 0 Å². The molecule has 1 aromatic heterocycles. The number of esters is 1. The fraction of sp³-hybridized carbons (Fsp3) is 0.406. The first kappa shape index (κ1) is 29.3. The van der Waals surface area contributed by atoms with Crippen molar-refractivity contribution in [1.29, 1.82) is 0 Å². The summed E-state index contributed by atoms with van der Waals surface area (Å²) in [6.45, 7) is 17.0. The first-order valence-corrected chi connectivity index (χ1v) is 16.4. The Morgan fingerprint density at radius 2 is 1.80 bits per heavy atom. The molecule has 0 radical (unpaired) electrons. The number of carbonyl (C=O) groups is 1. The molecule has 7 nitrogen and oxygen atoms in total. The van der Waals surface area contributed by atoms with E-state index >= 15 is 0 Å². The number of anilines is 1. The molecule has 2 aromatic carbocycles. The number of H-pyrrole nitrogens is 1. The van der Waals surface area contributed by atoms with Crippen LogP contribution >= 0.6 is 0 Å². The fourth-order valence-electron chi connectivity index (χ4n) is 4.35. The van der Waals surface area contributed by atoms with Gasteiger partial charge in [0.15, 0.2) is 8.32 Å². The molecule has 1 heterocycles. The van der Waals surface area contributed by atoms with Gasteiger partial charge in [0.05, 0.1) is 35.7 Å². The van der Waals surface area contributed by atoms with Gasteiger partial charge in [-0.25, -0.2) is 9.78 Å². The maximum absolute atomic E-state index is 13.1. The average molecular weight is 558 g/mol. The van der Waals surface area contributed by atoms with Gasteiger partial charge in [-0.05, 0) is 86.4 Å². The molecule has 1 aliphatic rings. The maximum Gasteiger partial charge on any atom is 0.338 e. The van der Waals surface area contributed by atoms with Crippen LogP contribution in [0, 0.1) is 12.3 Å². The lowest BCUT2D eigenvalue weighted by atomic mass is 10.0. The van der Waals surface area contributed by atoms with Crippen molar-refractivity contribution in [2.24, 2.45) is 0 Å². The number of hydrogen-bond acceptors (Lipinski definition) is 6. The number of benzene rings is 2. The highest BCUT2D eigenvalue weighted by Gasteiger charge is 2.37. The molecule has 0 spiro atoms. The molecule has 3 aromatic rings. The number of ether oxygens (including phenoxy) is 1. The number of rotatable bonds is 7. The van der Waals surface area contributed by atoms with Crippen molar-refractivity contribution in [1.82, 2.24) is 9.97 Å². The molecule has 0 amide bonds. The van der Waals surface area contributed by atoms with Crippen LogP contribution in [0.25, 0.3) is 17.0 Å². The van der Waals surface area contributed by atoms with Crippen LogP contribution in [0.3, 0.4) is 0 Å². The molecule has 8 heteroatoms. The lowest BCUT2D eigenvalue weighted by Gasteiger charge is -2.35. The number of nitrogens with one attached hydrogen (secondary N) is 1. The largest absolute Gasteiger partial charge is 0.456 e. The van der Waals surface area contributed by atoms with Gasteiger partial charge in [-0.1, -0.05) is 38.8 Å². The van der Waals surface area contributed by atoms with E-state index < -0.39 is 13.9 Å². The van der Waals surface area contributed by atoms with E-state index in [0.29, 0.717) is 28.8 Å². The van der Waals surface area contributed by atoms with Crippen molar-refractivity contribution in [2.45, 2.75) is 77.9 Å². The van der Waals surface area contributed by atoms with Crippen molar-refractivity contribution in [2.75, 3.05) is 11.4 Å². The molecular weight excluding hydrogens is 518 g/mol. The molecule has 0 saturated heterocycles. The van der Waals surface area contributed by atoms with Crippen LogP contribution in [0.2, 0.25) is 18.1 Å². The number of aromatic nitrogens is 2. The van der Waals surface area contributed by atoms with Crippen LogP contribution in [0.1, 0.15) is 74.9 Å². The second kappa shape index (κ2) is 10.7. The van der Waals surface area contributed by atoms with Gasteiger partial charge in [-0.3, -0.25) is 4.79 Å². The summed E-state index contributed by atoms with van der Waals surface area (Å²) in [6.07, 6.45) is 9.86. The monoisotopic (exact) mass is 557 g/mol. The van der Waals surface area contributed by atoms with Gasteiger partial charge >= 0.3 is 5.97 Å². The summed E-state index contributed by atoms with van der Waals surface area (Å²) < 4.78 is 11.8. The summed E-state index contributed by atoms with van der Waals surface area (Å²) in [6, 6.07) is 10.9. The number of fused-ring (bicyclic) bond motifs is 2. The summed E-state index contributed by atoms with van der Waals surface area (Å²) in [5.74, 6) is 2.90. The SMILES string of the molecule is C#CCN(c1ccc(C(=O)OC(C)(C)C)cc1)C1C=Cc2cc3nc(CO[Si](C)(C)C(C)(C)C)[nH]c(=O)c3cc21. The van der Waals surface area contributed by atoms with Gasteiger partial charge in [0, 0.05) is 5.69 Å². The molecule has 0 aliphatic heterocycles. The molecule has 1 N–H and O–H groups in total. The predicted molar refractivity (Wildman–Crippen MR) is 164 cm³/mol. The topological polar surface area (TPSA) is 84.5 Å². The van der Waals surface area contributed by atoms with Gasteiger partial charge in [0.1, 0.15) is 11.4 Å². The van der Waals surface area contributed by atoms with E-state index in [-0.39, 0.29) is 29.2 Å². The van der Waals surface area contributed by atoms with Crippen LogP contribution in [0.4, 0.5) is 5.69 Å². The summed E-state index contributed by atoms with van der Waals surface area (Å²) >= 11 is 0. The van der Waals surface area contributed by atoms with Crippen molar-refractivity contribution >= 4 is 37.0 Å². The molecular formula is C32H39N3O4Si. The summed E-state index contributed by atoms with van der Waals surface area (Å²) in [5.41, 5.74) is 3.15. The number of hydrogen-bond donors (Lipinski definition) is 1. The Morgan fingerprint density at radius 3 is 2.40 bits per heavy atom. The van der Waals surface area contributed by atoms with E-state index in [0.717, 1.165) is 16.8 Å². The number of terminal acetylenes is 1. The third kappa shape index (κ3) is 6.21. The number of carbonyl (C=O) groups excluding carboxylic acids is 1. The van der Waals surface area contributed by atoms with Crippen molar-refractivity contribution < 1.29 is 14.0 Å². The molecule has 1 unspecified atom stereocenters. The van der Waals surface area contributed by atoms with Gasteiger partial charge in [0.25, 0.3) is 5.56 Å². The standard InChI is InChI=1S/C32H39N3O4Si/c1-10-17-35(23-14-11-21(12-15-23)30(37)39-31(2,3)4)27-16-13-22-18-26-25(19-24(22)27)29(36)34-28(33-26)20-38-40(8,9)32(5,6)7/h1,11-16,18-19,27H,17,20H2,2-9H3,(H,33,34,36). The van der Waals surface area contributed by atoms with Crippen LogP contribution in [-0.2, 0) is 15.8 Å². The Bertz CT molecular complexity index is 1550. The summed E-state index contributed by atoms with van der Waals surface area (Å²) in [4.78, 5) is 35.3. The highest BCUT2D eigenvalue weighted by atomic mass is 28.4. The summed E-state index contributed by atoms with van der Waals surface area (Å²) in [5, 5.41) is 0.579. The Balaban J connectivity index is 1.62. The van der Waals surface area contributed by atoms with Crippen LogP contribution in [0.15, 0.2) is 47.3 Å².